The molecule has 4 rings (SSSR count). The average Bonchev–Trinajstić information content (AvgIpc) is 3.10. The first-order valence-electron chi connectivity index (χ1n) is 9.45. The lowest BCUT2D eigenvalue weighted by Gasteiger charge is -2.48. The van der Waals surface area contributed by atoms with Gasteiger partial charge >= 0.3 is 6.18 Å². The van der Waals surface area contributed by atoms with Crippen LogP contribution < -0.4 is 5.32 Å². The van der Waals surface area contributed by atoms with E-state index in [2.05, 4.69) is 5.32 Å². The van der Waals surface area contributed by atoms with Crippen molar-refractivity contribution in [2.45, 2.75) is 43.5 Å². The van der Waals surface area contributed by atoms with Gasteiger partial charge in [-0.1, -0.05) is 38.1 Å². The number of phenolic OH excluding ortho intramolecular Hbond substituents is 1. The van der Waals surface area contributed by atoms with Crippen molar-refractivity contribution >= 4 is 16.9 Å². The molecule has 0 saturated heterocycles. The zero-order chi connectivity index (χ0) is 22.8. The van der Waals surface area contributed by atoms with Gasteiger partial charge in [-0.05, 0) is 35.6 Å². The molecule has 0 radical (unpaired) electrons. The predicted octanol–water partition coefficient (Wildman–Crippen LogP) is 4.72. The maximum Gasteiger partial charge on any atom is 0.419 e. The average molecular weight is 437 g/mol. The molecule has 2 atom stereocenters. The van der Waals surface area contributed by atoms with E-state index < -0.39 is 47.1 Å². The Labute approximate surface area is 174 Å². The zero-order valence-corrected chi connectivity index (χ0v) is 16.5. The lowest BCUT2D eigenvalue weighted by molar-refractivity contribution is -0.280. The number of amides is 1. The van der Waals surface area contributed by atoms with Gasteiger partial charge in [0, 0.05) is 10.9 Å². The Morgan fingerprint density at radius 2 is 1.87 bits per heavy atom. The van der Waals surface area contributed by atoms with E-state index in [4.69, 9.17) is 4.42 Å². The molecule has 1 aliphatic rings. The summed E-state index contributed by atoms with van der Waals surface area (Å²) in [5, 5.41) is 23.8. The number of aliphatic hydroxyl groups is 1. The van der Waals surface area contributed by atoms with E-state index in [1.165, 1.54) is 19.9 Å². The van der Waals surface area contributed by atoms with Gasteiger partial charge in [0.05, 0.1) is 6.04 Å². The molecular weight excluding hydrogens is 418 g/mol. The molecule has 0 fully saturated rings. The quantitative estimate of drug-likeness (QED) is 0.507. The molecule has 1 heterocycles. The van der Waals surface area contributed by atoms with Gasteiger partial charge in [-0.15, -0.1) is 0 Å². The van der Waals surface area contributed by atoms with Crippen LogP contribution in [0.15, 0.2) is 46.9 Å². The Morgan fingerprint density at radius 1 is 1.19 bits per heavy atom. The zero-order valence-electron chi connectivity index (χ0n) is 16.5. The third kappa shape index (κ3) is 3.23. The van der Waals surface area contributed by atoms with E-state index in [-0.39, 0.29) is 16.9 Å². The van der Waals surface area contributed by atoms with Crippen molar-refractivity contribution in [3.05, 3.63) is 65.2 Å². The number of benzene rings is 2. The highest BCUT2D eigenvalue weighted by Crippen LogP contribution is 2.55. The number of aromatic hydroxyl groups is 1. The van der Waals surface area contributed by atoms with E-state index in [0.29, 0.717) is 11.0 Å². The molecule has 3 N–H and O–H groups in total. The Hall–Kier alpha value is -3.07. The van der Waals surface area contributed by atoms with Gasteiger partial charge < -0.3 is 19.9 Å². The van der Waals surface area contributed by atoms with Gasteiger partial charge in [0.15, 0.2) is 22.9 Å². The van der Waals surface area contributed by atoms with Crippen molar-refractivity contribution in [3.63, 3.8) is 0 Å². The SMILES string of the molecule is CC1(C)C[C@](O)(C(F)(F)F)[C@@H](NC(=O)c2cc3ccccc3o2)c2ccc(F)c(O)c21. The van der Waals surface area contributed by atoms with Gasteiger partial charge in [0.25, 0.3) is 5.91 Å². The number of halogens is 4. The maximum atomic E-state index is 14.1. The molecular formula is C22H19F4NO4. The smallest absolute Gasteiger partial charge is 0.419 e. The fourth-order valence-electron chi connectivity index (χ4n) is 4.41. The second kappa shape index (κ2) is 6.71. The number of phenols is 1. The van der Waals surface area contributed by atoms with Crippen LogP contribution in [0.4, 0.5) is 17.6 Å². The third-order valence-electron chi connectivity index (χ3n) is 5.75. The lowest BCUT2D eigenvalue weighted by atomic mass is 9.63. The summed E-state index contributed by atoms with van der Waals surface area (Å²) in [6.07, 6.45) is -6.03. The molecule has 0 aliphatic heterocycles. The first-order chi connectivity index (χ1) is 14.3. The van der Waals surface area contributed by atoms with E-state index in [0.717, 1.165) is 12.1 Å². The molecule has 3 aromatic rings. The molecule has 1 amide bonds. The number of para-hydroxylation sites is 1. The number of furan rings is 1. The monoisotopic (exact) mass is 437 g/mol. The number of rotatable bonds is 2. The van der Waals surface area contributed by atoms with Gasteiger partial charge in [0.1, 0.15) is 5.58 Å². The molecule has 0 spiro atoms. The lowest BCUT2D eigenvalue weighted by Crippen LogP contribution is -2.60. The minimum atomic E-state index is -5.13. The van der Waals surface area contributed by atoms with Crippen molar-refractivity contribution in [1.82, 2.24) is 5.32 Å². The van der Waals surface area contributed by atoms with Crippen LogP contribution in [0.1, 0.15) is 48.0 Å². The van der Waals surface area contributed by atoms with Crippen LogP contribution in [0.25, 0.3) is 11.0 Å². The van der Waals surface area contributed by atoms with Crippen LogP contribution in [-0.2, 0) is 5.41 Å². The summed E-state index contributed by atoms with van der Waals surface area (Å²) in [5.41, 5.74) is -4.76. The number of nitrogens with one attached hydrogen (secondary N) is 1. The summed E-state index contributed by atoms with van der Waals surface area (Å²) in [4.78, 5) is 12.8. The molecule has 1 aliphatic carbocycles. The van der Waals surface area contributed by atoms with Gasteiger partial charge in [-0.3, -0.25) is 4.79 Å². The second-order valence-electron chi connectivity index (χ2n) is 8.40. The molecule has 0 saturated carbocycles. The first kappa shape index (κ1) is 21.2. The van der Waals surface area contributed by atoms with Crippen LogP contribution >= 0.6 is 0 Å². The number of carbonyl (C=O) groups is 1. The van der Waals surface area contributed by atoms with E-state index in [1.54, 1.807) is 24.3 Å². The number of hydrogen-bond acceptors (Lipinski definition) is 4. The third-order valence-corrected chi connectivity index (χ3v) is 5.75. The molecule has 0 unspecified atom stereocenters. The second-order valence-corrected chi connectivity index (χ2v) is 8.40. The predicted molar refractivity (Wildman–Crippen MR) is 103 cm³/mol. The Bertz CT molecular complexity index is 1150. The fourth-order valence-corrected chi connectivity index (χ4v) is 4.41. The van der Waals surface area contributed by atoms with E-state index in [1.807, 2.05) is 0 Å². The van der Waals surface area contributed by atoms with Crippen molar-refractivity contribution in [2.75, 3.05) is 0 Å². The molecule has 5 nitrogen and oxygen atoms in total. The van der Waals surface area contributed by atoms with Crippen molar-refractivity contribution in [3.8, 4) is 5.75 Å². The Kier molecular flexibility index (Phi) is 4.59. The molecule has 2 aromatic carbocycles. The van der Waals surface area contributed by atoms with Crippen molar-refractivity contribution in [1.29, 1.82) is 0 Å². The van der Waals surface area contributed by atoms with E-state index >= 15 is 0 Å². The fraction of sp³-hybridized carbons (Fsp3) is 0.318. The number of alkyl halides is 3. The highest BCUT2D eigenvalue weighted by atomic mass is 19.4. The minimum absolute atomic E-state index is 0.101. The Morgan fingerprint density at radius 3 is 2.52 bits per heavy atom. The van der Waals surface area contributed by atoms with Crippen LogP contribution in [0.3, 0.4) is 0 Å². The highest BCUT2D eigenvalue weighted by Gasteiger charge is 2.64. The summed E-state index contributed by atoms with van der Waals surface area (Å²) >= 11 is 0. The summed E-state index contributed by atoms with van der Waals surface area (Å²) < 4.78 is 61.6. The molecule has 31 heavy (non-hydrogen) atoms. The number of hydrogen-bond donors (Lipinski definition) is 3. The first-order valence-corrected chi connectivity index (χ1v) is 9.45. The van der Waals surface area contributed by atoms with Crippen LogP contribution in [0.2, 0.25) is 0 Å². The van der Waals surface area contributed by atoms with Crippen molar-refractivity contribution < 1.29 is 37.0 Å². The molecule has 1 aromatic heterocycles. The van der Waals surface area contributed by atoms with Crippen LogP contribution in [0.5, 0.6) is 5.75 Å². The highest BCUT2D eigenvalue weighted by molar-refractivity contribution is 5.96. The number of carbonyl (C=O) groups excluding carboxylic acids is 1. The molecule has 0 bridgehead atoms. The summed E-state index contributed by atoms with van der Waals surface area (Å²) in [6.45, 7) is 2.72. The van der Waals surface area contributed by atoms with Gasteiger partial charge in [-0.25, -0.2) is 4.39 Å². The minimum Gasteiger partial charge on any atom is -0.505 e. The largest absolute Gasteiger partial charge is 0.505 e. The standard InChI is InChI=1S/C22H19F4NO4/c1-20(2)10-21(30,22(24,25)26)18(12-7-8-13(23)17(28)16(12)20)27-19(29)15-9-11-5-3-4-6-14(11)31-15/h3-9,18,28,30H,10H2,1-2H3,(H,27,29)/t18-,21+/m0/s1. The van der Waals surface area contributed by atoms with Crippen molar-refractivity contribution in [2.24, 2.45) is 0 Å². The molecule has 164 valence electrons. The van der Waals surface area contributed by atoms with Gasteiger partial charge in [-0.2, -0.15) is 13.2 Å². The summed E-state index contributed by atoms with van der Waals surface area (Å²) in [7, 11) is 0. The molecule has 9 heteroatoms. The normalized spacial score (nSPS) is 22.9. The van der Waals surface area contributed by atoms with E-state index in [9.17, 15) is 32.6 Å². The summed E-state index contributed by atoms with van der Waals surface area (Å²) in [6, 6.07) is 7.84. The number of fused-ring (bicyclic) bond motifs is 2. The van der Waals surface area contributed by atoms with Crippen LogP contribution in [0, 0.1) is 5.82 Å². The maximum absolute atomic E-state index is 14.1. The Balaban J connectivity index is 1.84. The topological polar surface area (TPSA) is 82.7 Å². The van der Waals surface area contributed by atoms with Gasteiger partial charge in [0.2, 0.25) is 0 Å². The van der Waals surface area contributed by atoms with Crippen LogP contribution in [-0.4, -0.2) is 27.9 Å². The summed E-state index contributed by atoms with van der Waals surface area (Å²) in [5.74, 6) is -3.05.